The second-order valence-corrected chi connectivity index (χ2v) is 7.65. The zero-order valence-electron chi connectivity index (χ0n) is 16.4. The van der Waals surface area contributed by atoms with Gasteiger partial charge in [-0.3, -0.25) is 4.98 Å². The average molecular weight is 575 g/mol. The summed E-state index contributed by atoms with van der Waals surface area (Å²) in [4.78, 5) is 4.61. The third kappa shape index (κ3) is 2.46. The minimum Gasteiger partial charge on any atom is -0.351 e. The van der Waals surface area contributed by atoms with Gasteiger partial charge in [-0.05, 0) is 29.3 Å². The van der Waals surface area contributed by atoms with E-state index in [1.165, 1.54) is 32.6 Å². The molecule has 0 fully saturated rings. The molecule has 0 amide bonds. The van der Waals surface area contributed by atoms with E-state index in [1.807, 2.05) is 12.4 Å². The third-order valence-corrected chi connectivity index (χ3v) is 6.08. The van der Waals surface area contributed by atoms with Gasteiger partial charge in [-0.15, -0.1) is 23.6 Å². The number of imidazole rings is 1. The molecule has 7 rings (SSSR count). The van der Waals surface area contributed by atoms with E-state index in [2.05, 4.69) is 105 Å². The van der Waals surface area contributed by atoms with Crippen molar-refractivity contribution in [1.82, 2.24) is 14.0 Å². The Bertz CT molecular complexity index is 1700. The summed E-state index contributed by atoms with van der Waals surface area (Å²) >= 11 is 0. The summed E-state index contributed by atoms with van der Waals surface area (Å²) < 4.78 is 4.49. The molecule has 1 radical (unpaired) electrons. The molecule has 4 aromatic carbocycles. The maximum absolute atomic E-state index is 4.61. The summed E-state index contributed by atoms with van der Waals surface area (Å²) in [6.07, 6.45) is 3.88. The predicted molar refractivity (Wildman–Crippen MR) is 123 cm³/mol. The molecule has 3 heterocycles. The summed E-state index contributed by atoms with van der Waals surface area (Å²) in [6.45, 7) is 0. The second-order valence-electron chi connectivity index (χ2n) is 7.65. The van der Waals surface area contributed by atoms with Gasteiger partial charge in [-0.1, -0.05) is 60.0 Å². The molecule has 4 heteroatoms. The van der Waals surface area contributed by atoms with E-state index >= 15 is 0 Å². The normalized spacial score (nSPS) is 11.6. The Hall–Kier alpha value is -3.46. The number of rotatable bonds is 1. The van der Waals surface area contributed by atoms with Crippen LogP contribution in [0.3, 0.4) is 0 Å². The molecule has 0 N–H and O–H groups in total. The van der Waals surface area contributed by atoms with Crippen molar-refractivity contribution in [2.75, 3.05) is 0 Å². The quantitative estimate of drug-likeness (QED) is 0.161. The van der Waals surface area contributed by atoms with Gasteiger partial charge in [0.15, 0.2) is 0 Å². The zero-order valence-corrected chi connectivity index (χ0v) is 18.8. The van der Waals surface area contributed by atoms with E-state index in [0.717, 1.165) is 22.2 Å². The van der Waals surface area contributed by atoms with Crippen molar-refractivity contribution in [1.29, 1.82) is 0 Å². The van der Waals surface area contributed by atoms with Crippen LogP contribution in [0.15, 0.2) is 97.3 Å². The first kappa shape index (κ1) is 18.3. The van der Waals surface area contributed by atoms with Gasteiger partial charge in [-0.2, -0.15) is 0 Å². The van der Waals surface area contributed by atoms with Gasteiger partial charge < -0.3 is 8.97 Å². The van der Waals surface area contributed by atoms with Crippen LogP contribution in [-0.4, -0.2) is 14.0 Å². The SMILES string of the molecule is [Ir].[c-]1cc(-n2c3ccccc3c3ccccc32)cc2c1c1nccn1c1ccccc21. The van der Waals surface area contributed by atoms with Crippen LogP contribution < -0.4 is 0 Å². The second kappa shape index (κ2) is 6.78. The standard InChI is InChI=1S/C27H16N3.Ir/c1-4-10-24-21(9-1)23-17-18(13-14-22(23)27-28-15-16-29(24)27)30-25-11-5-2-7-19(25)20-8-3-6-12-26(20)30;/h1-13,15-17H;/q-1;. The van der Waals surface area contributed by atoms with Crippen molar-refractivity contribution in [2.45, 2.75) is 0 Å². The number of hydrogen-bond donors (Lipinski definition) is 0. The number of nitrogens with zero attached hydrogens (tertiary/aromatic N) is 3. The summed E-state index contributed by atoms with van der Waals surface area (Å²) in [5, 5.41) is 5.95. The maximum Gasteiger partial charge on any atom is 0.0608 e. The van der Waals surface area contributed by atoms with Crippen molar-refractivity contribution >= 4 is 49.1 Å². The number of benzene rings is 4. The number of fused-ring (bicyclic) bond motifs is 9. The summed E-state index contributed by atoms with van der Waals surface area (Å²) in [5.41, 5.74) is 5.62. The molecule has 0 aliphatic heterocycles. The van der Waals surface area contributed by atoms with Crippen molar-refractivity contribution in [3.8, 4) is 5.69 Å². The van der Waals surface area contributed by atoms with E-state index < -0.39 is 0 Å². The molecule has 0 saturated carbocycles. The zero-order chi connectivity index (χ0) is 19.7. The Morgan fingerprint density at radius 2 is 1.26 bits per heavy atom. The molecule has 149 valence electrons. The fourth-order valence-electron chi connectivity index (χ4n) is 4.81. The van der Waals surface area contributed by atoms with Gasteiger partial charge in [0.2, 0.25) is 0 Å². The fourth-order valence-corrected chi connectivity index (χ4v) is 4.81. The van der Waals surface area contributed by atoms with E-state index in [1.54, 1.807) is 0 Å². The minimum absolute atomic E-state index is 0. The molecule has 0 spiro atoms. The predicted octanol–water partition coefficient (Wildman–Crippen LogP) is 6.54. The molecule has 0 atom stereocenters. The molecule has 0 unspecified atom stereocenters. The van der Waals surface area contributed by atoms with Crippen molar-refractivity contribution in [3.05, 3.63) is 103 Å². The van der Waals surface area contributed by atoms with Gasteiger partial charge in [-0.25, -0.2) is 0 Å². The van der Waals surface area contributed by atoms with Gasteiger partial charge in [0.25, 0.3) is 0 Å². The monoisotopic (exact) mass is 575 g/mol. The third-order valence-electron chi connectivity index (χ3n) is 6.08. The Kier molecular flexibility index (Phi) is 4.01. The molecule has 3 aromatic heterocycles. The molecule has 0 aliphatic carbocycles. The molecule has 7 aromatic rings. The first-order valence-electron chi connectivity index (χ1n) is 10.1. The Balaban J connectivity index is 0.00000185. The van der Waals surface area contributed by atoms with Crippen LogP contribution in [0.25, 0.3) is 54.8 Å². The number of pyridine rings is 1. The van der Waals surface area contributed by atoms with E-state index in [9.17, 15) is 0 Å². The van der Waals surface area contributed by atoms with Crippen LogP contribution in [0.4, 0.5) is 0 Å². The molecule has 31 heavy (non-hydrogen) atoms. The van der Waals surface area contributed by atoms with Crippen LogP contribution in [0.1, 0.15) is 0 Å². The minimum atomic E-state index is 0. The van der Waals surface area contributed by atoms with Crippen LogP contribution in [0.2, 0.25) is 0 Å². The maximum atomic E-state index is 4.61. The van der Waals surface area contributed by atoms with Crippen molar-refractivity contribution in [3.63, 3.8) is 0 Å². The Morgan fingerprint density at radius 3 is 1.94 bits per heavy atom. The van der Waals surface area contributed by atoms with Crippen LogP contribution in [-0.2, 0) is 20.1 Å². The Labute approximate surface area is 191 Å². The first-order valence-corrected chi connectivity index (χ1v) is 10.1. The first-order chi connectivity index (χ1) is 14.9. The molecule has 0 saturated heterocycles. The van der Waals surface area contributed by atoms with Crippen molar-refractivity contribution in [2.24, 2.45) is 0 Å². The fraction of sp³-hybridized carbons (Fsp3) is 0. The van der Waals surface area contributed by atoms with Crippen LogP contribution >= 0.6 is 0 Å². The average Bonchev–Trinajstić information content (AvgIpc) is 3.42. The van der Waals surface area contributed by atoms with E-state index in [-0.39, 0.29) is 20.1 Å². The molecular formula is C27H16IrN3-. The van der Waals surface area contributed by atoms with Crippen molar-refractivity contribution < 1.29 is 20.1 Å². The molecular weight excluding hydrogens is 559 g/mol. The van der Waals surface area contributed by atoms with Gasteiger partial charge in [0.1, 0.15) is 0 Å². The topological polar surface area (TPSA) is 22.2 Å². The van der Waals surface area contributed by atoms with E-state index in [0.29, 0.717) is 0 Å². The Morgan fingerprint density at radius 1 is 0.677 bits per heavy atom. The molecule has 3 nitrogen and oxygen atoms in total. The summed E-state index contributed by atoms with van der Waals surface area (Å²) in [7, 11) is 0. The number of para-hydroxylation sites is 3. The molecule has 0 bridgehead atoms. The number of aromatic nitrogens is 3. The largest absolute Gasteiger partial charge is 0.351 e. The number of hydrogen-bond acceptors (Lipinski definition) is 1. The summed E-state index contributed by atoms with van der Waals surface area (Å²) in [5.74, 6) is 0. The van der Waals surface area contributed by atoms with Crippen LogP contribution in [0, 0.1) is 6.07 Å². The van der Waals surface area contributed by atoms with Gasteiger partial charge >= 0.3 is 0 Å². The van der Waals surface area contributed by atoms with Gasteiger partial charge in [0.05, 0.1) is 5.65 Å². The molecule has 0 aliphatic rings. The van der Waals surface area contributed by atoms with E-state index in [4.69, 9.17) is 0 Å². The summed E-state index contributed by atoms with van der Waals surface area (Å²) in [6, 6.07) is 33.6. The smallest absolute Gasteiger partial charge is 0.0608 e. The van der Waals surface area contributed by atoms with Gasteiger partial charge in [0, 0.05) is 59.8 Å². The van der Waals surface area contributed by atoms with Crippen LogP contribution in [0.5, 0.6) is 0 Å².